The Balaban J connectivity index is 1.37. The van der Waals surface area contributed by atoms with E-state index in [-0.39, 0.29) is 24.1 Å². The molecule has 2 aromatic carbocycles. The van der Waals surface area contributed by atoms with Gasteiger partial charge in [-0.25, -0.2) is 4.79 Å². The quantitative estimate of drug-likeness (QED) is 0.564. The minimum Gasteiger partial charge on any atom is -0.611 e. The second-order valence-corrected chi connectivity index (χ2v) is 10.3. The van der Waals surface area contributed by atoms with E-state index in [1.54, 1.807) is 17.0 Å². The fourth-order valence-electron chi connectivity index (χ4n) is 4.60. The zero-order valence-electron chi connectivity index (χ0n) is 19.4. The van der Waals surface area contributed by atoms with Crippen LogP contribution in [-0.2, 0) is 32.1 Å². The number of carbonyl (C=O) groups is 3. The number of ether oxygens (including phenoxy) is 1. The topological polar surface area (TPSA) is 90.0 Å². The molecule has 180 valence electrons. The Hall–Kier alpha value is -2.84. The van der Waals surface area contributed by atoms with Gasteiger partial charge in [-0.1, -0.05) is 48.0 Å². The lowest BCUT2D eigenvalue weighted by molar-refractivity contribution is -0.140. The highest BCUT2D eigenvalue weighted by Crippen LogP contribution is 2.27. The van der Waals surface area contributed by atoms with Gasteiger partial charge in [-0.05, 0) is 61.5 Å². The lowest BCUT2D eigenvalue weighted by Gasteiger charge is -2.30. The van der Waals surface area contributed by atoms with Crippen molar-refractivity contribution in [1.29, 1.82) is 0 Å². The predicted octanol–water partition coefficient (Wildman–Crippen LogP) is 3.46. The van der Waals surface area contributed by atoms with E-state index < -0.39 is 29.4 Å². The Morgan fingerprint density at radius 1 is 0.941 bits per heavy atom. The third-order valence-corrected chi connectivity index (χ3v) is 7.79. The van der Waals surface area contributed by atoms with Crippen molar-refractivity contribution in [3.8, 4) is 0 Å². The molecule has 4 rings (SSSR count). The number of hydrogen-bond donors (Lipinski definition) is 0. The van der Waals surface area contributed by atoms with Crippen LogP contribution in [-0.4, -0.2) is 63.1 Å². The summed E-state index contributed by atoms with van der Waals surface area (Å²) >= 11 is -1.46. The summed E-state index contributed by atoms with van der Waals surface area (Å²) in [6, 6.07) is 15.5. The number of amides is 2. The molecule has 2 aromatic rings. The first-order valence-electron chi connectivity index (χ1n) is 11.7. The molecule has 3 atom stereocenters. The van der Waals surface area contributed by atoms with Gasteiger partial charge in [-0.3, -0.25) is 14.5 Å². The van der Waals surface area contributed by atoms with Gasteiger partial charge >= 0.3 is 6.09 Å². The van der Waals surface area contributed by atoms with E-state index in [0.29, 0.717) is 43.7 Å². The Morgan fingerprint density at radius 3 is 2.29 bits per heavy atom. The van der Waals surface area contributed by atoms with E-state index in [2.05, 4.69) is 0 Å². The van der Waals surface area contributed by atoms with Crippen LogP contribution in [0, 0.1) is 6.92 Å². The van der Waals surface area contributed by atoms with E-state index in [0.717, 1.165) is 11.1 Å². The second kappa shape index (κ2) is 11.1. The Kier molecular flexibility index (Phi) is 7.90. The highest BCUT2D eigenvalue weighted by Gasteiger charge is 2.43. The fraction of sp³-hybridized carbons (Fsp3) is 0.423. The zero-order chi connectivity index (χ0) is 24.1. The number of Topliss-reactive ketones (excluding diaryl/α,β-unsaturated/α-hetero) is 1. The van der Waals surface area contributed by atoms with Gasteiger partial charge < -0.3 is 14.2 Å². The molecule has 0 saturated carbocycles. The molecule has 2 amide bonds. The standard InChI is InChI=1S/C26H30N2O5S/c1-19-11-13-21(14-12-19)34(32)18-24(29)22-9-5-15-27(22)25(30)23-10-6-16-28(23)26(31)33-17-20-7-3-2-4-8-20/h2-4,7-8,11-14,22-23H,5-6,9-10,15-18H2,1H3/t22-,23+,34?/m0/s1. The zero-order valence-corrected chi connectivity index (χ0v) is 20.2. The predicted molar refractivity (Wildman–Crippen MR) is 129 cm³/mol. The summed E-state index contributed by atoms with van der Waals surface area (Å²) in [4.78, 5) is 42.8. The van der Waals surface area contributed by atoms with Crippen LogP contribution in [0.2, 0.25) is 0 Å². The molecule has 8 heteroatoms. The summed E-state index contributed by atoms with van der Waals surface area (Å²) in [6.07, 6.45) is 2.01. The molecule has 7 nitrogen and oxygen atoms in total. The highest BCUT2D eigenvalue weighted by molar-refractivity contribution is 7.92. The first-order valence-corrected chi connectivity index (χ1v) is 13.0. The van der Waals surface area contributed by atoms with Crippen molar-refractivity contribution in [1.82, 2.24) is 9.80 Å². The normalized spacial score (nSPS) is 20.9. The van der Waals surface area contributed by atoms with Crippen molar-refractivity contribution in [3.05, 3.63) is 65.7 Å². The van der Waals surface area contributed by atoms with Crippen LogP contribution >= 0.6 is 0 Å². The fourth-order valence-corrected chi connectivity index (χ4v) is 5.66. The van der Waals surface area contributed by atoms with Crippen LogP contribution in [0.4, 0.5) is 4.79 Å². The van der Waals surface area contributed by atoms with Gasteiger partial charge in [0.2, 0.25) is 11.7 Å². The molecule has 0 spiro atoms. The van der Waals surface area contributed by atoms with Crippen LogP contribution in [0.1, 0.15) is 36.8 Å². The number of benzene rings is 2. The molecule has 0 bridgehead atoms. The van der Waals surface area contributed by atoms with Gasteiger partial charge in [-0.15, -0.1) is 0 Å². The molecular weight excluding hydrogens is 452 g/mol. The van der Waals surface area contributed by atoms with E-state index in [9.17, 15) is 18.9 Å². The number of hydrogen-bond acceptors (Lipinski definition) is 5. The first-order chi connectivity index (χ1) is 16.4. The smallest absolute Gasteiger partial charge is 0.410 e. The average molecular weight is 483 g/mol. The largest absolute Gasteiger partial charge is 0.611 e. The van der Waals surface area contributed by atoms with Crippen molar-refractivity contribution in [3.63, 3.8) is 0 Å². The van der Waals surface area contributed by atoms with Crippen molar-refractivity contribution in [2.45, 2.75) is 56.2 Å². The minimum atomic E-state index is -1.46. The number of likely N-dealkylation sites (tertiary alicyclic amines) is 2. The maximum Gasteiger partial charge on any atom is 0.410 e. The van der Waals surface area contributed by atoms with Crippen molar-refractivity contribution in [2.24, 2.45) is 0 Å². The molecule has 2 aliphatic rings. The summed E-state index contributed by atoms with van der Waals surface area (Å²) < 4.78 is 18.2. The van der Waals surface area contributed by atoms with E-state index in [1.807, 2.05) is 49.4 Å². The van der Waals surface area contributed by atoms with E-state index >= 15 is 0 Å². The monoisotopic (exact) mass is 482 g/mol. The van der Waals surface area contributed by atoms with Gasteiger partial charge in [0.05, 0.1) is 6.04 Å². The maximum atomic E-state index is 13.4. The second-order valence-electron chi connectivity index (χ2n) is 8.85. The minimum absolute atomic E-state index is 0.120. The molecule has 2 aliphatic heterocycles. The molecule has 2 saturated heterocycles. The van der Waals surface area contributed by atoms with Crippen molar-refractivity contribution >= 4 is 29.0 Å². The lowest BCUT2D eigenvalue weighted by Crippen LogP contribution is -2.51. The summed E-state index contributed by atoms with van der Waals surface area (Å²) in [5, 5.41) is 0. The summed E-state index contributed by atoms with van der Waals surface area (Å²) in [5.41, 5.74) is 1.94. The molecule has 1 unspecified atom stereocenters. The lowest BCUT2D eigenvalue weighted by atomic mass is 10.1. The van der Waals surface area contributed by atoms with Gasteiger partial charge in [0.25, 0.3) is 0 Å². The number of carbonyl (C=O) groups excluding carboxylic acids is 3. The molecule has 34 heavy (non-hydrogen) atoms. The van der Waals surface area contributed by atoms with Gasteiger partial charge in [-0.2, -0.15) is 0 Å². The maximum absolute atomic E-state index is 13.4. The number of nitrogens with zero attached hydrogens (tertiary/aromatic N) is 2. The first kappa shape index (κ1) is 24.3. The molecule has 0 radical (unpaired) electrons. The van der Waals surface area contributed by atoms with Crippen LogP contribution in [0.5, 0.6) is 0 Å². The van der Waals surface area contributed by atoms with Gasteiger partial charge in [0.1, 0.15) is 12.6 Å². The Labute approximate surface area is 203 Å². The average Bonchev–Trinajstić information content (AvgIpc) is 3.53. The van der Waals surface area contributed by atoms with Crippen LogP contribution in [0.25, 0.3) is 0 Å². The Morgan fingerprint density at radius 2 is 1.59 bits per heavy atom. The molecule has 0 N–H and O–H groups in total. The number of rotatable bonds is 7. The number of ketones is 1. The SMILES string of the molecule is Cc1ccc([S+]([O-])CC(=O)[C@@H]2CCCN2C(=O)[C@H]2CCCN2C(=O)OCc2ccccc2)cc1. The highest BCUT2D eigenvalue weighted by atomic mass is 32.2. The molecular formula is C26H30N2O5S. The van der Waals surface area contributed by atoms with E-state index in [4.69, 9.17) is 4.74 Å². The molecule has 0 aromatic heterocycles. The summed E-state index contributed by atoms with van der Waals surface area (Å²) in [6.45, 7) is 3.01. The van der Waals surface area contributed by atoms with Crippen LogP contribution in [0.15, 0.2) is 59.5 Å². The third-order valence-electron chi connectivity index (χ3n) is 6.44. The molecule has 0 aliphatic carbocycles. The Bertz CT molecular complexity index is 1010. The van der Waals surface area contributed by atoms with Crippen molar-refractivity contribution < 1.29 is 23.7 Å². The summed E-state index contributed by atoms with van der Waals surface area (Å²) in [7, 11) is 0. The van der Waals surface area contributed by atoms with Crippen molar-refractivity contribution in [2.75, 3.05) is 18.8 Å². The van der Waals surface area contributed by atoms with E-state index in [1.165, 1.54) is 4.90 Å². The summed E-state index contributed by atoms with van der Waals surface area (Å²) in [5.74, 6) is -0.530. The number of aryl methyl sites for hydroxylation is 1. The molecule has 2 fully saturated rings. The third kappa shape index (κ3) is 5.62. The molecule has 2 heterocycles. The van der Waals surface area contributed by atoms with Gasteiger partial charge in [0, 0.05) is 13.1 Å². The van der Waals surface area contributed by atoms with Crippen LogP contribution < -0.4 is 0 Å². The van der Waals surface area contributed by atoms with Gasteiger partial charge in [0.15, 0.2) is 10.6 Å². The van der Waals surface area contributed by atoms with Crippen LogP contribution in [0.3, 0.4) is 0 Å².